The Hall–Kier alpha value is -1.62. The molecule has 0 spiro atoms. The van der Waals surface area contributed by atoms with Crippen molar-refractivity contribution < 1.29 is 9.18 Å². The van der Waals surface area contributed by atoms with Crippen molar-refractivity contribution in [3.05, 3.63) is 29.6 Å². The highest BCUT2D eigenvalue weighted by Crippen LogP contribution is 2.17. The molecule has 0 bridgehead atoms. The lowest BCUT2D eigenvalue weighted by atomic mass is 10.1. The van der Waals surface area contributed by atoms with Gasteiger partial charge in [0, 0.05) is 18.3 Å². The Morgan fingerprint density at radius 2 is 2.41 bits per heavy atom. The maximum atomic E-state index is 13.0. The van der Waals surface area contributed by atoms with Crippen LogP contribution in [0.1, 0.15) is 23.2 Å². The molecule has 92 valence electrons. The van der Waals surface area contributed by atoms with Crippen LogP contribution in [0.2, 0.25) is 0 Å². The summed E-state index contributed by atoms with van der Waals surface area (Å²) in [4.78, 5) is 11.2. The molecule has 1 aliphatic heterocycles. The lowest BCUT2D eigenvalue weighted by Gasteiger charge is -2.14. The first-order valence-corrected chi connectivity index (χ1v) is 5.73. The number of halogens is 1. The third-order valence-electron chi connectivity index (χ3n) is 2.95. The number of carbonyl (C=O) groups is 1. The minimum absolute atomic E-state index is 0.197. The zero-order chi connectivity index (χ0) is 12.3. The SMILES string of the molecule is NC(=O)c1cc(F)ccc1NCC1CCCN1. The van der Waals surface area contributed by atoms with Crippen LogP contribution in [0.25, 0.3) is 0 Å². The fraction of sp³-hybridized carbons (Fsp3) is 0.417. The van der Waals surface area contributed by atoms with Gasteiger partial charge in [0.25, 0.3) is 5.91 Å². The van der Waals surface area contributed by atoms with Gasteiger partial charge in [0.2, 0.25) is 0 Å². The first-order chi connectivity index (χ1) is 8.16. The van der Waals surface area contributed by atoms with Crippen LogP contribution in [0.5, 0.6) is 0 Å². The van der Waals surface area contributed by atoms with E-state index in [0.29, 0.717) is 18.3 Å². The second kappa shape index (κ2) is 5.14. The number of hydrogen-bond acceptors (Lipinski definition) is 3. The normalized spacial score (nSPS) is 19.2. The predicted octanol–water partition coefficient (Wildman–Crippen LogP) is 1.09. The summed E-state index contributed by atoms with van der Waals surface area (Å²) in [6, 6.07) is 4.43. The van der Waals surface area contributed by atoms with E-state index in [9.17, 15) is 9.18 Å². The van der Waals surface area contributed by atoms with Crippen molar-refractivity contribution in [1.29, 1.82) is 0 Å². The van der Waals surface area contributed by atoms with E-state index in [-0.39, 0.29) is 5.56 Å². The molecule has 1 atom stereocenters. The molecule has 1 saturated heterocycles. The molecule has 1 aromatic rings. The molecule has 2 rings (SSSR count). The van der Waals surface area contributed by atoms with Crippen LogP contribution in [0.4, 0.5) is 10.1 Å². The summed E-state index contributed by atoms with van der Waals surface area (Å²) < 4.78 is 13.0. The van der Waals surface area contributed by atoms with Crippen molar-refractivity contribution in [1.82, 2.24) is 5.32 Å². The van der Waals surface area contributed by atoms with Gasteiger partial charge >= 0.3 is 0 Å². The zero-order valence-electron chi connectivity index (χ0n) is 9.50. The van der Waals surface area contributed by atoms with Gasteiger partial charge in [-0.1, -0.05) is 0 Å². The van der Waals surface area contributed by atoms with Crippen LogP contribution in [-0.4, -0.2) is 25.0 Å². The number of primary amides is 1. The number of amides is 1. The highest BCUT2D eigenvalue weighted by atomic mass is 19.1. The van der Waals surface area contributed by atoms with Crippen LogP contribution in [0.3, 0.4) is 0 Å². The minimum atomic E-state index is -0.619. The van der Waals surface area contributed by atoms with Gasteiger partial charge in [-0.15, -0.1) is 0 Å². The van der Waals surface area contributed by atoms with E-state index in [1.165, 1.54) is 12.5 Å². The van der Waals surface area contributed by atoms with Gasteiger partial charge in [-0.3, -0.25) is 4.79 Å². The molecule has 5 heteroatoms. The van der Waals surface area contributed by atoms with Gasteiger partial charge in [-0.05, 0) is 37.6 Å². The Labute approximate surface area is 99.4 Å². The third-order valence-corrected chi connectivity index (χ3v) is 2.95. The van der Waals surface area contributed by atoms with Crippen molar-refractivity contribution in [2.75, 3.05) is 18.4 Å². The second-order valence-corrected chi connectivity index (χ2v) is 4.23. The van der Waals surface area contributed by atoms with Crippen molar-refractivity contribution >= 4 is 11.6 Å². The van der Waals surface area contributed by atoms with E-state index >= 15 is 0 Å². The fourth-order valence-corrected chi connectivity index (χ4v) is 2.04. The minimum Gasteiger partial charge on any atom is -0.383 e. The van der Waals surface area contributed by atoms with E-state index < -0.39 is 11.7 Å². The summed E-state index contributed by atoms with van der Waals surface area (Å²) in [5.41, 5.74) is 5.99. The van der Waals surface area contributed by atoms with Crippen molar-refractivity contribution in [3.8, 4) is 0 Å². The summed E-state index contributed by atoms with van der Waals surface area (Å²) >= 11 is 0. The van der Waals surface area contributed by atoms with E-state index in [2.05, 4.69) is 10.6 Å². The van der Waals surface area contributed by atoms with Gasteiger partial charge in [0.15, 0.2) is 0 Å². The molecule has 1 fully saturated rings. The number of carbonyl (C=O) groups excluding carboxylic acids is 1. The summed E-state index contributed by atoms with van der Waals surface area (Å²) in [6.45, 7) is 1.74. The molecule has 1 heterocycles. The Morgan fingerprint density at radius 3 is 3.06 bits per heavy atom. The zero-order valence-corrected chi connectivity index (χ0v) is 9.50. The van der Waals surface area contributed by atoms with Crippen LogP contribution >= 0.6 is 0 Å². The van der Waals surface area contributed by atoms with Crippen LogP contribution in [0.15, 0.2) is 18.2 Å². The largest absolute Gasteiger partial charge is 0.383 e. The van der Waals surface area contributed by atoms with Crippen LogP contribution < -0.4 is 16.4 Å². The molecule has 1 aliphatic rings. The summed E-state index contributed by atoms with van der Waals surface area (Å²) in [6.07, 6.45) is 2.28. The lowest BCUT2D eigenvalue weighted by Crippen LogP contribution is -2.30. The molecule has 17 heavy (non-hydrogen) atoms. The van der Waals surface area contributed by atoms with Gasteiger partial charge < -0.3 is 16.4 Å². The third kappa shape index (κ3) is 2.94. The Bertz CT molecular complexity index is 416. The second-order valence-electron chi connectivity index (χ2n) is 4.23. The van der Waals surface area contributed by atoms with Crippen LogP contribution in [-0.2, 0) is 0 Å². The highest BCUT2D eigenvalue weighted by Gasteiger charge is 2.15. The number of nitrogens with two attached hydrogens (primary N) is 1. The van der Waals surface area contributed by atoms with Gasteiger partial charge in [0.1, 0.15) is 5.82 Å². The number of rotatable bonds is 4. The average molecular weight is 237 g/mol. The molecule has 0 saturated carbocycles. The van der Waals surface area contributed by atoms with E-state index in [0.717, 1.165) is 19.0 Å². The summed E-state index contributed by atoms with van der Waals surface area (Å²) in [7, 11) is 0. The van der Waals surface area contributed by atoms with Gasteiger partial charge in [-0.25, -0.2) is 4.39 Å². The van der Waals surface area contributed by atoms with E-state index in [1.54, 1.807) is 6.07 Å². The maximum absolute atomic E-state index is 13.0. The summed E-state index contributed by atoms with van der Waals surface area (Å²) in [5.74, 6) is -1.07. The molecule has 1 unspecified atom stereocenters. The molecular weight excluding hydrogens is 221 g/mol. The first kappa shape index (κ1) is 11.9. The number of anilines is 1. The standard InChI is InChI=1S/C12H16FN3O/c13-8-3-4-11(10(6-8)12(14)17)16-7-9-2-1-5-15-9/h3-4,6,9,15-16H,1-2,5,7H2,(H2,14,17). The van der Waals surface area contributed by atoms with Gasteiger partial charge in [0.05, 0.1) is 5.56 Å². The molecule has 4 nitrogen and oxygen atoms in total. The number of hydrogen-bond donors (Lipinski definition) is 3. The fourth-order valence-electron chi connectivity index (χ4n) is 2.04. The van der Waals surface area contributed by atoms with Gasteiger partial charge in [-0.2, -0.15) is 0 Å². The van der Waals surface area contributed by atoms with Crippen molar-refractivity contribution in [3.63, 3.8) is 0 Å². The van der Waals surface area contributed by atoms with E-state index in [4.69, 9.17) is 5.73 Å². The topological polar surface area (TPSA) is 67.2 Å². The summed E-state index contributed by atoms with van der Waals surface area (Å²) in [5, 5.41) is 6.47. The Morgan fingerprint density at radius 1 is 1.59 bits per heavy atom. The number of benzene rings is 1. The average Bonchev–Trinajstić information content (AvgIpc) is 2.80. The molecule has 4 N–H and O–H groups in total. The highest BCUT2D eigenvalue weighted by molar-refractivity contribution is 5.98. The molecular formula is C12H16FN3O. The van der Waals surface area contributed by atoms with Crippen LogP contribution in [0, 0.1) is 5.82 Å². The molecule has 1 aromatic carbocycles. The van der Waals surface area contributed by atoms with Crippen molar-refractivity contribution in [2.24, 2.45) is 5.73 Å². The molecule has 0 radical (unpaired) electrons. The number of nitrogens with one attached hydrogen (secondary N) is 2. The molecule has 0 aliphatic carbocycles. The Balaban J connectivity index is 2.06. The molecule has 1 amide bonds. The molecule has 0 aromatic heterocycles. The van der Waals surface area contributed by atoms with E-state index in [1.807, 2.05) is 0 Å². The maximum Gasteiger partial charge on any atom is 0.250 e. The smallest absolute Gasteiger partial charge is 0.250 e. The Kier molecular flexibility index (Phi) is 3.58. The van der Waals surface area contributed by atoms with Crippen molar-refractivity contribution in [2.45, 2.75) is 18.9 Å². The first-order valence-electron chi connectivity index (χ1n) is 5.73. The predicted molar refractivity (Wildman–Crippen MR) is 64.4 cm³/mol. The monoisotopic (exact) mass is 237 g/mol. The quantitative estimate of drug-likeness (QED) is 0.734. The lowest BCUT2D eigenvalue weighted by molar-refractivity contribution is 0.100.